The van der Waals surface area contributed by atoms with Gasteiger partial charge in [-0.2, -0.15) is 0 Å². The summed E-state index contributed by atoms with van der Waals surface area (Å²) in [6.07, 6.45) is 5.06. The molecule has 2 heterocycles. The van der Waals surface area contributed by atoms with Gasteiger partial charge in [-0.1, -0.05) is 54.2 Å². The minimum atomic E-state index is -0.800. The highest BCUT2D eigenvalue weighted by Crippen LogP contribution is 2.36. The quantitative estimate of drug-likeness (QED) is 0.578. The highest BCUT2D eigenvalue weighted by molar-refractivity contribution is 8.14. The summed E-state index contributed by atoms with van der Waals surface area (Å²) in [5.74, 6) is -0.517. The molecule has 6 nitrogen and oxygen atoms in total. The van der Waals surface area contributed by atoms with Gasteiger partial charge in [-0.05, 0) is 25.3 Å². The molecule has 0 saturated carbocycles. The largest absolute Gasteiger partial charge is 0.289 e. The lowest BCUT2D eigenvalue weighted by Gasteiger charge is -2.26. The average molecular weight is 398 g/mol. The molecular formula is C21H23N3O3S. The van der Waals surface area contributed by atoms with Crippen LogP contribution >= 0.6 is 11.8 Å². The molecule has 1 aromatic rings. The van der Waals surface area contributed by atoms with E-state index in [4.69, 9.17) is 0 Å². The Bertz CT molecular complexity index is 826. The van der Waals surface area contributed by atoms with E-state index in [9.17, 15) is 14.4 Å². The predicted octanol–water partition coefficient (Wildman–Crippen LogP) is 2.46. The monoisotopic (exact) mass is 397 g/mol. The van der Waals surface area contributed by atoms with Gasteiger partial charge in [-0.15, -0.1) is 0 Å². The molecule has 0 bridgehead atoms. The van der Waals surface area contributed by atoms with Crippen LogP contribution in [0.1, 0.15) is 25.3 Å². The fourth-order valence-electron chi connectivity index (χ4n) is 4.02. The molecule has 3 aliphatic rings. The van der Waals surface area contributed by atoms with E-state index in [2.05, 4.69) is 4.99 Å². The van der Waals surface area contributed by atoms with Gasteiger partial charge >= 0.3 is 0 Å². The maximum absolute atomic E-state index is 13.1. The first-order valence-electron chi connectivity index (χ1n) is 9.62. The number of aliphatic imine (C=N–C) groups is 1. The van der Waals surface area contributed by atoms with Crippen LogP contribution in [0.5, 0.6) is 0 Å². The van der Waals surface area contributed by atoms with Gasteiger partial charge in [0, 0.05) is 12.3 Å². The van der Waals surface area contributed by atoms with E-state index in [-0.39, 0.29) is 29.6 Å². The Kier molecular flexibility index (Phi) is 5.35. The Labute approximate surface area is 168 Å². The lowest BCUT2D eigenvalue weighted by atomic mass is 9.85. The third-order valence-corrected chi connectivity index (χ3v) is 6.56. The van der Waals surface area contributed by atoms with Crippen LogP contribution in [0.2, 0.25) is 0 Å². The Morgan fingerprint density at radius 1 is 1.14 bits per heavy atom. The molecule has 2 fully saturated rings. The molecule has 3 atom stereocenters. The van der Waals surface area contributed by atoms with Crippen molar-refractivity contribution in [3.05, 3.63) is 48.0 Å². The van der Waals surface area contributed by atoms with E-state index in [0.29, 0.717) is 31.1 Å². The summed E-state index contributed by atoms with van der Waals surface area (Å²) in [4.78, 5) is 46.1. The summed E-state index contributed by atoms with van der Waals surface area (Å²) >= 11 is 1.54. The standard InChI is InChI=1S/C21H23N3O3S/c1-14(24-19(26)16-9-5-6-10-17(16)20(24)27)18(25)23-11-12-28-21(23)22-13-15-7-3-2-4-8-15/h2-8,14,16-17H,9-13H2,1H3/t14-,16-,17-/m0/s1. The van der Waals surface area contributed by atoms with Crippen molar-refractivity contribution in [2.24, 2.45) is 16.8 Å². The van der Waals surface area contributed by atoms with Crippen LogP contribution in [0.4, 0.5) is 0 Å². The molecule has 7 heteroatoms. The van der Waals surface area contributed by atoms with E-state index >= 15 is 0 Å². The number of imide groups is 1. The normalized spacial score (nSPS) is 26.8. The smallest absolute Gasteiger partial charge is 0.251 e. The fraction of sp³-hybridized carbons (Fsp3) is 0.429. The van der Waals surface area contributed by atoms with E-state index in [1.165, 1.54) is 16.7 Å². The Morgan fingerprint density at radius 3 is 2.43 bits per heavy atom. The van der Waals surface area contributed by atoms with Crippen molar-refractivity contribution in [3.63, 3.8) is 0 Å². The van der Waals surface area contributed by atoms with E-state index in [1.54, 1.807) is 11.8 Å². The van der Waals surface area contributed by atoms with Crippen LogP contribution in [0, 0.1) is 11.8 Å². The number of thioether (sulfide) groups is 1. The van der Waals surface area contributed by atoms with E-state index < -0.39 is 6.04 Å². The van der Waals surface area contributed by atoms with Crippen LogP contribution in [-0.2, 0) is 20.9 Å². The number of fused-ring (bicyclic) bond motifs is 1. The van der Waals surface area contributed by atoms with Crippen LogP contribution in [0.25, 0.3) is 0 Å². The number of hydrogen-bond donors (Lipinski definition) is 0. The van der Waals surface area contributed by atoms with Crippen molar-refractivity contribution in [1.29, 1.82) is 0 Å². The molecule has 0 radical (unpaired) electrons. The number of benzene rings is 1. The van der Waals surface area contributed by atoms with Gasteiger partial charge in [0.25, 0.3) is 5.91 Å². The fourth-order valence-corrected chi connectivity index (χ4v) is 4.97. The molecule has 0 N–H and O–H groups in total. The zero-order valence-corrected chi connectivity index (χ0v) is 16.6. The first-order chi connectivity index (χ1) is 13.6. The van der Waals surface area contributed by atoms with E-state index in [1.807, 2.05) is 42.5 Å². The number of rotatable bonds is 4. The second kappa shape index (κ2) is 7.91. The molecule has 0 spiro atoms. The van der Waals surface area contributed by atoms with Gasteiger partial charge in [-0.3, -0.25) is 29.2 Å². The molecule has 2 aliphatic heterocycles. The number of amidine groups is 1. The SMILES string of the molecule is C[C@@H](C(=O)N1CCSC1=NCc1ccccc1)N1C(=O)[C@H]2CC=CC[C@@H]2C1=O. The van der Waals surface area contributed by atoms with Crippen LogP contribution in [0.15, 0.2) is 47.5 Å². The molecular weight excluding hydrogens is 374 g/mol. The molecule has 146 valence electrons. The highest BCUT2D eigenvalue weighted by Gasteiger charge is 2.51. The molecule has 1 aromatic carbocycles. The third-order valence-electron chi connectivity index (χ3n) is 5.57. The molecule has 0 unspecified atom stereocenters. The number of nitrogens with zero attached hydrogens (tertiary/aromatic N) is 3. The maximum atomic E-state index is 13.1. The number of amides is 3. The first-order valence-corrected chi connectivity index (χ1v) is 10.6. The number of hydrogen-bond acceptors (Lipinski definition) is 5. The molecule has 28 heavy (non-hydrogen) atoms. The van der Waals surface area contributed by atoms with Gasteiger partial charge in [0.15, 0.2) is 5.17 Å². The topological polar surface area (TPSA) is 70.1 Å². The van der Waals surface area contributed by atoms with Gasteiger partial charge < -0.3 is 0 Å². The van der Waals surface area contributed by atoms with Crippen LogP contribution < -0.4 is 0 Å². The number of carbonyl (C=O) groups excluding carboxylic acids is 3. The predicted molar refractivity (Wildman–Crippen MR) is 108 cm³/mol. The van der Waals surface area contributed by atoms with Gasteiger partial charge in [-0.25, -0.2) is 0 Å². The van der Waals surface area contributed by atoms with Crippen molar-refractivity contribution < 1.29 is 14.4 Å². The maximum Gasteiger partial charge on any atom is 0.251 e. The molecule has 1 aliphatic carbocycles. The van der Waals surface area contributed by atoms with Crippen LogP contribution in [0.3, 0.4) is 0 Å². The second-order valence-corrected chi connectivity index (χ2v) is 8.36. The zero-order chi connectivity index (χ0) is 19.7. The Morgan fingerprint density at radius 2 is 1.79 bits per heavy atom. The second-order valence-electron chi connectivity index (χ2n) is 7.30. The minimum Gasteiger partial charge on any atom is -0.289 e. The molecule has 0 aromatic heterocycles. The lowest BCUT2D eigenvalue weighted by molar-refractivity contribution is -0.149. The van der Waals surface area contributed by atoms with Crippen LogP contribution in [-0.4, -0.2) is 51.0 Å². The van der Waals surface area contributed by atoms with Crippen molar-refractivity contribution in [3.8, 4) is 0 Å². The Hall–Kier alpha value is -2.41. The van der Waals surface area contributed by atoms with Crippen molar-refractivity contribution >= 4 is 34.7 Å². The Balaban J connectivity index is 1.48. The summed E-state index contributed by atoms with van der Waals surface area (Å²) < 4.78 is 0. The first kappa shape index (κ1) is 18.9. The molecule has 3 amide bonds. The zero-order valence-electron chi connectivity index (χ0n) is 15.8. The van der Waals surface area contributed by atoms with Gasteiger partial charge in [0.1, 0.15) is 6.04 Å². The summed E-state index contributed by atoms with van der Waals surface area (Å²) in [5, 5.41) is 0.666. The summed E-state index contributed by atoms with van der Waals surface area (Å²) in [7, 11) is 0. The molecule has 4 rings (SSSR count). The summed E-state index contributed by atoms with van der Waals surface area (Å²) in [6, 6.07) is 9.06. The van der Waals surface area contributed by atoms with Crippen molar-refractivity contribution in [1.82, 2.24) is 9.80 Å². The summed E-state index contributed by atoms with van der Waals surface area (Å²) in [5.41, 5.74) is 1.07. The van der Waals surface area contributed by atoms with Crippen molar-refractivity contribution in [2.75, 3.05) is 12.3 Å². The number of allylic oxidation sites excluding steroid dienone is 2. The minimum absolute atomic E-state index is 0.213. The van der Waals surface area contributed by atoms with Gasteiger partial charge in [0.05, 0.1) is 18.4 Å². The average Bonchev–Trinajstić information content (AvgIpc) is 3.29. The number of likely N-dealkylation sites (tertiary alicyclic amines) is 1. The summed E-state index contributed by atoms with van der Waals surface area (Å²) in [6.45, 7) is 2.70. The van der Waals surface area contributed by atoms with Gasteiger partial charge in [0.2, 0.25) is 11.8 Å². The molecule has 2 saturated heterocycles. The van der Waals surface area contributed by atoms with E-state index in [0.717, 1.165) is 11.3 Å². The van der Waals surface area contributed by atoms with Crippen molar-refractivity contribution in [2.45, 2.75) is 32.4 Å². The third kappa shape index (κ3) is 3.39. The number of carbonyl (C=O) groups is 3. The highest BCUT2D eigenvalue weighted by atomic mass is 32.2. The lowest BCUT2D eigenvalue weighted by Crippen LogP contribution is -2.50.